The molecule has 0 spiro atoms. The maximum Gasteiger partial charge on any atom is 0.160 e. The van der Waals surface area contributed by atoms with E-state index in [-0.39, 0.29) is 11.2 Å². The third-order valence-corrected chi connectivity index (χ3v) is 6.74. The Kier molecular flexibility index (Phi) is 4.42. The number of benzene rings is 2. The number of anilines is 3. The Hall–Kier alpha value is -4.25. The highest BCUT2D eigenvalue weighted by atomic mass is 16.3. The molecule has 5 heteroatoms. The lowest BCUT2D eigenvalue weighted by Gasteiger charge is -2.41. The SMILES string of the molecule is Cc1ccnc(N2c3ccccc3C(C)(C)c3ccc(-c4ccc5cncc(O)c5n4)cc32)c1. The molecule has 0 bridgehead atoms. The van der Waals surface area contributed by atoms with Crippen molar-refractivity contribution in [3.63, 3.8) is 0 Å². The Labute approximate surface area is 198 Å². The number of pyridine rings is 3. The monoisotopic (exact) mass is 444 g/mol. The van der Waals surface area contributed by atoms with Crippen molar-refractivity contribution in [1.82, 2.24) is 15.0 Å². The molecule has 0 saturated heterocycles. The average Bonchev–Trinajstić information content (AvgIpc) is 2.84. The van der Waals surface area contributed by atoms with Gasteiger partial charge in [0.15, 0.2) is 5.75 Å². The zero-order valence-electron chi connectivity index (χ0n) is 19.3. The van der Waals surface area contributed by atoms with Crippen LogP contribution in [0.5, 0.6) is 5.75 Å². The van der Waals surface area contributed by atoms with Gasteiger partial charge < -0.3 is 5.11 Å². The van der Waals surface area contributed by atoms with Crippen LogP contribution in [0.1, 0.15) is 30.5 Å². The number of para-hydroxylation sites is 1. The van der Waals surface area contributed by atoms with Gasteiger partial charge in [-0.15, -0.1) is 0 Å². The predicted octanol–water partition coefficient (Wildman–Crippen LogP) is 6.81. The minimum atomic E-state index is -0.175. The van der Waals surface area contributed by atoms with Gasteiger partial charge in [0, 0.05) is 28.8 Å². The fourth-order valence-corrected chi connectivity index (χ4v) is 4.96. The highest BCUT2D eigenvalue weighted by Gasteiger charge is 2.37. The van der Waals surface area contributed by atoms with Gasteiger partial charge in [-0.2, -0.15) is 0 Å². The molecule has 1 aliphatic rings. The molecule has 0 radical (unpaired) electrons. The second kappa shape index (κ2) is 7.39. The van der Waals surface area contributed by atoms with E-state index in [1.165, 1.54) is 17.3 Å². The molecule has 0 unspecified atom stereocenters. The van der Waals surface area contributed by atoms with Crippen molar-refractivity contribution in [1.29, 1.82) is 0 Å². The fourth-order valence-electron chi connectivity index (χ4n) is 4.96. The maximum atomic E-state index is 10.3. The highest BCUT2D eigenvalue weighted by molar-refractivity contribution is 5.89. The molecule has 1 N–H and O–H groups in total. The second-order valence-corrected chi connectivity index (χ2v) is 9.33. The Bertz CT molecular complexity index is 1570. The molecule has 0 fully saturated rings. The molecule has 5 aromatic rings. The Morgan fingerprint density at radius 3 is 2.53 bits per heavy atom. The van der Waals surface area contributed by atoms with Gasteiger partial charge in [0.1, 0.15) is 11.3 Å². The van der Waals surface area contributed by atoms with Crippen LogP contribution >= 0.6 is 0 Å². The summed E-state index contributed by atoms with van der Waals surface area (Å²) in [5, 5.41) is 11.1. The van der Waals surface area contributed by atoms with E-state index in [1.54, 1.807) is 6.20 Å². The summed E-state index contributed by atoms with van der Waals surface area (Å²) < 4.78 is 0. The number of fused-ring (bicyclic) bond motifs is 3. The molecule has 166 valence electrons. The summed E-state index contributed by atoms with van der Waals surface area (Å²) in [5.41, 5.74) is 8.01. The first kappa shape index (κ1) is 20.4. The molecule has 4 heterocycles. The number of rotatable bonds is 2. The van der Waals surface area contributed by atoms with Crippen molar-refractivity contribution in [2.45, 2.75) is 26.2 Å². The van der Waals surface area contributed by atoms with E-state index in [2.05, 4.69) is 79.2 Å². The molecule has 1 aliphatic heterocycles. The van der Waals surface area contributed by atoms with Crippen molar-refractivity contribution in [3.05, 3.63) is 102 Å². The first-order valence-electron chi connectivity index (χ1n) is 11.3. The number of aromatic nitrogens is 3. The number of aromatic hydroxyl groups is 1. The largest absolute Gasteiger partial charge is 0.504 e. The Morgan fingerprint density at radius 2 is 1.68 bits per heavy atom. The summed E-state index contributed by atoms with van der Waals surface area (Å²) in [6, 6.07) is 23.1. The molecule has 0 amide bonds. The van der Waals surface area contributed by atoms with Crippen molar-refractivity contribution in [2.75, 3.05) is 4.90 Å². The summed E-state index contributed by atoms with van der Waals surface area (Å²) in [6.45, 7) is 6.62. The maximum absolute atomic E-state index is 10.3. The van der Waals surface area contributed by atoms with Gasteiger partial charge in [-0.3, -0.25) is 9.88 Å². The van der Waals surface area contributed by atoms with Crippen molar-refractivity contribution in [3.8, 4) is 17.0 Å². The van der Waals surface area contributed by atoms with Gasteiger partial charge in [-0.25, -0.2) is 9.97 Å². The van der Waals surface area contributed by atoms with Crippen LogP contribution in [0.15, 0.2) is 85.3 Å². The molecule has 34 heavy (non-hydrogen) atoms. The van der Waals surface area contributed by atoms with Crippen LogP contribution < -0.4 is 4.90 Å². The Morgan fingerprint density at radius 1 is 0.853 bits per heavy atom. The molecular weight excluding hydrogens is 420 g/mol. The second-order valence-electron chi connectivity index (χ2n) is 9.33. The standard InChI is InChI=1S/C29H24N4O/c1-18-12-13-31-27(14-18)33-24-7-5-4-6-21(24)29(2,3)22-10-8-19(15-25(22)33)23-11-9-20-16-30-17-26(34)28(20)32-23/h4-17,34H,1-3H3. The van der Waals surface area contributed by atoms with Crippen LogP contribution in [0.2, 0.25) is 0 Å². The number of nitrogens with zero attached hydrogens (tertiary/aromatic N) is 4. The van der Waals surface area contributed by atoms with Gasteiger partial charge in [-0.1, -0.05) is 44.2 Å². The molecule has 3 aromatic heterocycles. The number of hydrogen-bond donors (Lipinski definition) is 1. The number of aryl methyl sites for hydroxylation is 1. The lowest BCUT2D eigenvalue weighted by atomic mass is 9.73. The smallest absolute Gasteiger partial charge is 0.160 e. The number of hydrogen-bond acceptors (Lipinski definition) is 5. The summed E-state index contributed by atoms with van der Waals surface area (Å²) in [5.74, 6) is 0.967. The van der Waals surface area contributed by atoms with Crippen LogP contribution in [0, 0.1) is 6.92 Å². The third-order valence-electron chi connectivity index (χ3n) is 6.74. The molecule has 0 saturated carbocycles. The van der Waals surface area contributed by atoms with Crippen LogP contribution in [-0.4, -0.2) is 20.1 Å². The van der Waals surface area contributed by atoms with E-state index < -0.39 is 0 Å². The minimum Gasteiger partial charge on any atom is -0.504 e. The predicted molar refractivity (Wildman–Crippen MR) is 136 cm³/mol. The Balaban J connectivity index is 1.60. The first-order valence-corrected chi connectivity index (χ1v) is 11.3. The van der Waals surface area contributed by atoms with Gasteiger partial charge in [0.05, 0.1) is 23.3 Å². The topological polar surface area (TPSA) is 62.1 Å². The minimum absolute atomic E-state index is 0.0814. The summed E-state index contributed by atoms with van der Waals surface area (Å²) >= 11 is 0. The lowest BCUT2D eigenvalue weighted by molar-refractivity contribution is 0.478. The molecule has 6 rings (SSSR count). The molecule has 0 atom stereocenters. The van der Waals surface area contributed by atoms with E-state index in [4.69, 9.17) is 9.97 Å². The summed E-state index contributed by atoms with van der Waals surface area (Å²) in [4.78, 5) is 15.8. The third kappa shape index (κ3) is 3.05. The molecular formula is C29H24N4O. The normalized spacial score (nSPS) is 14.0. The quantitative estimate of drug-likeness (QED) is 0.324. The van der Waals surface area contributed by atoms with E-state index in [9.17, 15) is 5.11 Å². The molecule has 0 aliphatic carbocycles. The van der Waals surface area contributed by atoms with Gasteiger partial charge in [0.2, 0.25) is 0 Å². The first-order chi connectivity index (χ1) is 16.4. The van der Waals surface area contributed by atoms with Gasteiger partial charge in [-0.05, 0) is 60.0 Å². The van der Waals surface area contributed by atoms with Crippen molar-refractivity contribution < 1.29 is 5.11 Å². The van der Waals surface area contributed by atoms with Crippen molar-refractivity contribution >= 4 is 28.1 Å². The van der Waals surface area contributed by atoms with E-state index in [0.29, 0.717) is 5.52 Å². The molecule has 5 nitrogen and oxygen atoms in total. The van der Waals surface area contributed by atoms with E-state index in [1.807, 2.05) is 24.4 Å². The summed E-state index contributed by atoms with van der Waals surface area (Å²) in [7, 11) is 0. The van der Waals surface area contributed by atoms with Crippen LogP contribution in [0.3, 0.4) is 0 Å². The van der Waals surface area contributed by atoms with E-state index >= 15 is 0 Å². The zero-order chi connectivity index (χ0) is 23.4. The van der Waals surface area contributed by atoms with Gasteiger partial charge in [0.25, 0.3) is 0 Å². The van der Waals surface area contributed by atoms with Crippen molar-refractivity contribution in [2.24, 2.45) is 0 Å². The average molecular weight is 445 g/mol. The van der Waals surface area contributed by atoms with Gasteiger partial charge >= 0.3 is 0 Å². The fraction of sp³-hybridized carbons (Fsp3) is 0.138. The van der Waals surface area contributed by atoms with Crippen LogP contribution in [0.4, 0.5) is 17.2 Å². The molecule has 2 aromatic carbocycles. The zero-order valence-corrected chi connectivity index (χ0v) is 19.3. The van der Waals surface area contributed by atoms with Crippen LogP contribution in [-0.2, 0) is 5.41 Å². The van der Waals surface area contributed by atoms with E-state index in [0.717, 1.165) is 39.4 Å². The summed E-state index contributed by atoms with van der Waals surface area (Å²) in [6.07, 6.45) is 5.00. The lowest BCUT2D eigenvalue weighted by Crippen LogP contribution is -2.31. The van der Waals surface area contributed by atoms with Crippen LogP contribution in [0.25, 0.3) is 22.2 Å². The highest BCUT2D eigenvalue weighted by Crippen LogP contribution is 2.52.